The minimum absolute atomic E-state index is 0.216. The highest BCUT2D eigenvalue weighted by atomic mass is 32.2. The summed E-state index contributed by atoms with van der Waals surface area (Å²) < 4.78 is 65.0. The SMILES string of the molecule is O=C(O)c1ccc(CCc2ccc(NS(=O)(=O)c3ccc(C(F)(F)F)cc3)cc2)cc1. The fraction of sp³-hybridized carbons (Fsp3) is 0.136. The van der Waals surface area contributed by atoms with Crippen LogP contribution in [0.2, 0.25) is 0 Å². The molecule has 0 bridgehead atoms. The van der Waals surface area contributed by atoms with E-state index in [0.29, 0.717) is 12.8 Å². The molecule has 5 nitrogen and oxygen atoms in total. The molecule has 0 atom stereocenters. The van der Waals surface area contributed by atoms with Crippen LogP contribution in [0.1, 0.15) is 27.0 Å². The van der Waals surface area contributed by atoms with E-state index in [9.17, 15) is 26.4 Å². The molecule has 0 aromatic heterocycles. The molecule has 3 aromatic rings. The van der Waals surface area contributed by atoms with E-state index in [-0.39, 0.29) is 16.1 Å². The van der Waals surface area contributed by atoms with E-state index in [1.165, 1.54) is 12.1 Å². The molecule has 2 N–H and O–H groups in total. The minimum atomic E-state index is -4.54. The molecule has 0 amide bonds. The van der Waals surface area contributed by atoms with Gasteiger partial charge in [-0.15, -0.1) is 0 Å². The second-order valence-electron chi connectivity index (χ2n) is 6.83. The number of halogens is 3. The Bertz CT molecular complexity index is 1160. The number of aryl methyl sites for hydroxylation is 2. The Kier molecular flexibility index (Phi) is 6.35. The van der Waals surface area contributed by atoms with Crippen molar-refractivity contribution in [1.29, 1.82) is 0 Å². The van der Waals surface area contributed by atoms with Gasteiger partial charge in [0.1, 0.15) is 0 Å². The largest absolute Gasteiger partial charge is 0.478 e. The fourth-order valence-electron chi connectivity index (χ4n) is 2.88. The molecule has 0 spiro atoms. The number of hydrogen-bond acceptors (Lipinski definition) is 3. The lowest BCUT2D eigenvalue weighted by Gasteiger charge is -2.11. The van der Waals surface area contributed by atoms with Crippen LogP contribution in [0, 0.1) is 0 Å². The van der Waals surface area contributed by atoms with Gasteiger partial charge in [0, 0.05) is 5.69 Å². The molecule has 0 radical (unpaired) electrons. The monoisotopic (exact) mass is 449 g/mol. The third kappa shape index (κ3) is 5.85. The number of carboxylic acids is 1. The van der Waals surface area contributed by atoms with Crippen LogP contribution in [0.15, 0.2) is 77.7 Å². The predicted octanol–water partition coefficient (Wildman–Crippen LogP) is 4.99. The normalized spacial score (nSPS) is 11.8. The molecule has 0 heterocycles. The molecule has 0 saturated carbocycles. The van der Waals surface area contributed by atoms with Crippen molar-refractivity contribution in [1.82, 2.24) is 0 Å². The van der Waals surface area contributed by atoms with Crippen LogP contribution in [0.25, 0.3) is 0 Å². The predicted molar refractivity (Wildman–Crippen MR) is 110 cm³/mol. The summed E-state index contributed by atoms with van der Waals surface area (Å²) in [5.41, 5.74) is 1.49. The van der Waals surface area contributed by atoms with Crippen molar-refractivity contribution < 1.29 is 31.5 Å². The van der Waals surface area contributed by atoms with Gasteiger partial charge < -0.3 is 5.11 Å². The highest BCUT2D eigenvalue weighted by molar-refractivity contribution is 7.92. The molecular weight excluding hydrogens is 431 g/mol. The van der Waals surface area contributed by atoms with Gasteiger partial charge in [0.25, 0.3) is 10.0 Å². The van der Waals surface area contributed by atoms with Crippen molar-refractivity contribution in [2.24, 2.45) is 0 Å². The van der Waals surface area contributed by atoms with E-state index in [4.69, 9.17) is 5.11 Å². The number of nitrogens with one attached hydrogen (secondary N) is 1. The number of sulfonamides is 1. The topological polar surface area (TPSA) is 83.5 Å². The third-order valence-electron chi connectivity index (χ3n) is 4.60. The Hall–Kier alpha value is -3.33. The molecule has 0 aliphatic heterocycles. The fourth-order valence-corrected chi connectivity index (χ4v) is 3.94. The van der Waals surface area contributed by atoms with Crippen molar-refractivity contribution in [3.63, 3.8) is 0 Å². The van der Waals surface area contributed by atoms with Gasteiger partial charge in [-0.1, -0.05) is 24.3 Å². The first-order chi connectivity index (χ1) is 14.5. The van der Waals surface area contributed by atoms with Gasteiger partial charge in [-0.3, -0.25) is 4.72 Å². The van der Waals surface area contributed by atoms with Crippen molar-refractivity contribution in [2.75, 3.05) is 4.72 Å². The third-order valence-corrected chi connectivity index (χ3v) is 6.00. The lowest BCUT2D eigenvalue weighted by Crippen LogP contribution is -2.13. The molecule has 9 heteroatoms. The lowest BCUT2D eigenvalue weighted by atomic mass is 10.0. The number of aromatic carboxylic acids is 1. The second kappa shape index (κ2) is 8.81. The summed E-state index contributed by atoms with van der Waals surface area (Å²) in [6.45, 7) is 0. The average Bonchev–Trinajstić information content (AvgIpc) is 2.73. The van der Waals surface area contributed by atoms with Gasteiger partial charge in [0.2, 0.25) is 0 Å². The van der Waals surface area contributed by atoms with Gasteiger partial charge in [-0.25, -0.2) is 13.2 Å². The van der Waals surface area contributed by atoms with Crippen LogP contribution in [0.3, 0.4) is 0 Å². The van der Waals surface area contributed by atoms with Crippen molar-refractivity contribution in [3.8, 4) is 0 Å². The minimum Gasteiger partial charge on any atom is -0.478 e. The lowest BCUT2D eigenvalue weighted by molar-refractivity contribution is -0.137. The summed E-state index contributed by atoms with van der Waals surface area (Å²) in [5.74, 6) is -0.985. The van der Waals surface area contributed by atoms with Crippen LogP contribution in [0.5, 0.6) is 0 Å². The van der Waals surface area contributed by atoms with E-state index in [1.807, 2.05) is 0 Å². The smallest absolute Gasteiger partial charge is 0.416 e. The number of anilines is 1. The summed E-state index contributed by atoms with van der Waals surface area (Å²) in [6, 6.07) is 16.5. The molecule has 0 unspecified atom stereocenters. The van der Waals surface area contributed by atoms with E-state index in [1.54, 1.807) is 36.4 Å². The number of benzene rings is 3. The Morgan fingerprint density at radius 1 is 0.806 bits per heavy atom. The number of hydrogen-bond donors (Lipinski definition) is 2. The first-order valence-electron chi connectivity index (χ1n) is 9.16. The van der Waals surface area contributed by atoms with Crippen LogP contribution >= 0.6 is 0 Å². The van der Waals surface area contributed by atoms with Crippen LogP contribution < -0.4 is 4.72 Å². The van der Waals surface area contributed by atoms with Gasteiger partial charge in [-0.05, 0) is 72.5 Å². The molecule has 0 saturated heterocycles. The molecular formula is C22H18F3NO4S. The van der Waals surface area contributed by atoms with Crippen LogP contribution in [-0.4, -0.2) is 19.5 Å². The molecule has 3 aromatic carbocycles. The standard InChI is InChI=1S/C22H18F3NO4S/c23-22(24,25)18-9-13-20(14-10-18)31(29,30)26-19-11-5-16(6-12-19)2-1-15-3-7-17(8-4-15)21(27)28/h3-14,26H,1-2H2,(H,27,28). The van der Waals surface area contributed by atoms with E-state index < -0.39 is 27.7 Å². The van der Waals surface area contributed by atoms with E-state index >= 15 is 0 Å². The van der Waals surface area contributed by atoms with Gasteiger partial charge in [0.15, 0.2) is 0 Å². The molecule has 162 valence electrons. The molecule has 0 aliphatic carbocycles. The Balaban J connectivity index is 1.62. The first-order valence-corrected chi connectivity index (χ1v) is 10.6. The van der Waals surface area contributed by atoms with E-state index in [2.05, 4.69) is 4.72 Å². The Morgan fingerprint density at radius 3 is 1.74 bits per heavy atom. The van der Waals surface area contributed by atoms with Crippen molar-refractivity contribution in [2.45, 2.75) is 23.9 Å². The molecule has 0 aliphatic rings. The highest BCUT2D eigenvalue weighted by Gasteiger charge is 2.30. The maximum absolute atomic E-state index is 12.6. The van der Waals surface area contributed by atoms with E-state index in [0.717, 1.165) is 35.4 Å². The summed E-state index contributed by atoms with van der Waals surface area (Å²) in [5, 5.41) is 8.91. The zero-order chi connectivity index (χ0) is 22.6. The zero-order valence-electron chi connectivity index (χ0n) is 16.1. The molecule has 31 heavy (non-hydrogen) atoms. The number of rotatable bonds is 7. The van der Waals surface area contributed by atoms with Crippen molar-refractivity contribution in [3.05, 3.63) is 95.1 Å². The Labute approximate surface area is 177 Å². The molecule has 0 fully saturated rings. The molecule has 3 rings (SSSR count). The number of alkyl halides is 3. The number of carbonyl (C=O) groups is 1. The van der Waals surface area contributed by atoms with Gasteiger partial charge in [-0.2, -0.15) is 13.2 Å². The first kappa shape index (κ1) is 22.4. The number of carboxylic acid groups (broad SMARTS) is 1. The average molecular weight is 449 g/mol. The van der Waals surface area contributed by atoms with Crippen LogP contribution in [-0.2, 0) is 29.0 Å². The maximum Gasteiger partial charge on any atom is 0.416 e. The Morgan fingerprint density at radius 2 is 1.29 bits per heavy atom. The summed E-state index contributed by atoms with van der Waals surface area (Å²) in [7, 11) is -4.02. The quantitative estimate of drug-likeness (QED) is 0.532. The van der Waals surface area contributed by atoms with Crippen molar-refractivity contribution >= 4 is 21.7 Å². The zero-order valence-corrected chi connectivity index (χ0v) is 16.9. The summed E-state index contributed by atoms with van der Waals surface area (Å²) >= 11 is 0. The summed E-state index contributed by atoms with van der Waals surface area (Å²) in [6.07, 6.45) is -3.20. The summed E-state index contributed by atoms with van der Waals surface area (Å²) in [4.78, 5) is 10.6. The highest BCUT2D eigenvalue weighted by Crippen LogP contribution is 2.30. The second-order valence-corrected chi connectivity index (χ2v) is 8.51. The van der Waals surface area contributed by atoms with Gasteiger partial charge in [0.05, 0.1) is 16.0 Å². The van der Waals surface area contributed by atoms with Crippen LogP contribution in [0.4, 0.5) is 18.9 Å². The maximum atomic E-state index is 12.6. The van der Waals surface area contributed by atoms with Gasteiger partial charge >= 0.3 is 12.1 Å².